The second-order valence-electron chi connectivity index (χ2n) is 5.47. The summed E-state index contributed by atoms with van der Waals surface area (Å²) in [5.74, 6) is 0. The summed E-state index contributed by atoms with van der Waals surface area (Å²) < 4.78 is 27.1. The minimum atomic E-state index is -3.45. The second kappa shape index (κ2) is 4.80. The fraction of sp³-hybridized carbons (Fsp3) is 0.571. The SMILES string of the molecule is Cc1cc(N)c(C)c(S(=O)(=O)N(C)C2CCC2)c1C. The van der Waals surface area contributed by atoms with E-state index in [0.717, 1.165) is 30.4 Å². The van der Waals surface area contributed by atoms with Crippen molar-refractivity contribution in [2.24, 2.45) is 0 Å². The predicted octanol–water partition coefficient (Wildman–Crippen LogP) is 2.37. The molecule has 0 unspecified atom stereocenters. The van der Waals surface area contributed by atoms with Crippen LogP contribution in [-0.2, 0) is 10.0 Å². The van der Waals surface area contributed by atoms with Crippen molar-refractivity contribution in [3.05, 3.63) is 22.8 Å². The number of rotatable bonds is 3. The van der Waals surface area contributed by atoms with Crippen LogP contribution in [0.1, 0.15) is 36.0 Å². The number of hydrogen-bond donors (Lipinski definition) is 1. The van der Waals surface area contributed by atoms with Crippen LogP contribution in [0.5, 0.6) is 0 Å². The molecular weight excluding hydrogens is 260 g/mol. The molecule has 5 heteroatoms. The molecule has 0 radical (unpaired) electrons. The Morgan fingerprint density at radius 1 is 1.21 bits per heavy atom. The van der Waals surface area contributed by atoms with E-state index in [1.807, 2.05) is 19.9 Å². The summed E-state index contributed by atoms with van der Waals surface area (Å²) in [6, 6.07) is 1.98. The van der Waals surface area contributed by atoms with Crippen molar-refractivity contribution in [1.82, 2.24) is 4.31 Å². The van der Waals surface area contributed by atoms with E-state index in [4.69, 9.17) is 5.73 Å². The van der Waals surface area contributed by atoms with Crippen molar-refractivity contribution in [2.75, 3.05) is 12.8 Å². The topological polar surface area (TPSA) is 63.4 Å². The summed E-state index contributed by atoms with van der Waals surface area (Å²) in [6.45, 7) is 5.53. The molecule has 0 aromatic heterocycles. The van der Waals surface area contributed by atoms with E-state index in [9.17, 15) is 8.42 Å². The van der Waals surface area contributed by atoms with E-state index in [0.29, 0.717) is 16.1 Å². The third kappa shape index (κ3) is 2.25. The Kier molecular flexibility index (Phi) is 3.62. The van der Waals surface area contributed by atoms with Gasteiger partial charge in [-0.3, -0.25) is 0 Å². The number of nitrogens with zero attached hydrogens (tertiary/aromatic N) is 1. The van der Waals surface area contributed by atoms with Crippen molar-refractivity contribution in [1.29, 1.82) is 0 Å². The highest BCUT2D eigenvalue weighted by atomic mass is 32.2. The molecule has 19 heavy (non-hydrogen) atoms. The second-order valence-corrected chi connectivity index (χ2v) is 7.40. The highest BCUT2D eigenvalue weighted by molar-refractivity contribution is 7.89. The molecule has 4 nitrogen and oxygen atoms in total. The quantitative estimate of drug-likeness (QED) is 0.866. The minimum absolute atomic E-state index is 0.144. The molecule has 1 aromatic carbocycles. The Morgan fingerprint density at radius 3 is 2.26 bits per heavy atom. The Hall–Kier alpha value is -1.07. The van der Waals surface area contributed by atoms with Crippen LogP contribution in [0.15, 0.2) is 11.0 Å². The van der Waals surface area contributed by atoms with E-state index in [1.165, 1.54) is 4.31 Å². The molecule has 1 aliphatic carbocycles. The Balaban J connectivity index is 2.57. The van der Waals surface area contributed by atoms with Crippen molar-refractivity contribution < 1.29 is 8.42 Å². The maximum absolute atomic E-state index is 12.8. The first kappa shape index (κ1) is 14.3. The Bertz CT molecular complexity index is 578. The average Bonchev–Trinajstić information content (AvgIpc) is 2.24. The zero-order chi connectivity index (χ0) is 14.4. The molecule has 0 saturated heterocycles. The van der Waals surface area contributed by atoms with E-state index >= 15 is 0 Å². The van der Waals surface area contributed by atoms with Gasteiger partial charge in [0.25, 0.3) is 0 Å². The van der Waals surface area contributed by atoms with Crippen molar-refractivity contribution in [3.8, 4) is 0 Å². The van der Waals surface area contributed by atoms with E-state index < -0.39 is 10.0 Å². The zero-order valence-electron chi connectivity index (χ0n) is 12.0. The van der Waals surface area contributed by atoms with Crippen molar-refractivity contribution >= 4 is 15.7 Å². The van der Waals surface area contributed by atoms with Crippen LogP contribution in [-0.4, -0.2) is 25.8 Å². The Morgan fingerprint density at radius 2 is 1.79 bits per heavy atom. The maximum atomic E-state index is 12.8. The lowest BCUT2D eigenvalue weighted by molar-refractivity contribution is 0.249. The summed E-state index contributed by atoms with van der Waals surface area (Å²) in [5.41, 5.74) is 8.86. The zero-order valence-corrected chi connectivity index (χ0v) is 12.8. The monoisotopic (exact) mass is 282 g/mol. The van der Waals surface area contributed by atoms with Gasteiger partial charge in [-0.1, -0.05) is 6.42 Å². The fourth-order valence-corrected chi connectivity index (χ4v) is 4.46. The molecule has 0 heterocycles. The first-order valence-corrected chi connectivity index (χ1v) is 8.05. The number of aryl methyl sites for hydroxylation is 1. The van der Waals surface area contributed by atoms with Gasteiger partial charge in [0.05, 0.1) is 4.90 Å². The summed E-state index contributed by atoms with van der Waals surface area (Å²) >= 11 is 0. The first-order valence-electron chi connectivity index (χ1n) is 6.61. The lowest BCUT2D eigenvalue weighted by Crippen LogP contribution is -2.41. The van der Waals surface area contributed by atoms with Gasteiger partial charge in [0.1, 0.15) is 0 Å². The van der Waals surface area contributed by atoms with E-state index in [2.05, 4.69) is 0 Å². The minimum Gasteiger partial charge on any atom is -0.398 e. The number of benzene rings is 1. The standard InChI is InChI=1S/C14H22N2O2S/c1-9-8-13(15)11(3)14(10(9)2)19(17,18)16(4)12-6-5-7-12/h8,12H,5-7,15H2,1-4H3. The van der Waals surface area contributed by atoms with E-state index in [1.54, 1.807) is 14.0 Å². The van der Waals surface area contributed by atoms with Gasteiger partial charge in [0.15, 0.2) is 0 Å². The van der Waals surface area contributed by atoms with Gasteiger partial charge in [-0.15, -0.1) is 0 Å². The third-order valence-electron chi connectivity index (χ3n) is 4.30. The van der Waals surface area contributed by atoms with E-state index in [-0.39, 0.29) is 6.04 Å². The highest BCUT2D eigenvalue weighted by Gasteiger charge is 2.34. The third-order valence-corrected chi connectivity index (χ3v) is 6.49. The maximum Gasteiger partial charge on any atom is 0.243 e. The number of sulfonamides is 1. The highest BCUT2D eigenvalue weighted by Crippen LogP contribution is 2.33. The van der Waals surface area contributed by atoms with Gasteiger partial charge in [0.2, 0.25) is 10.0 Å². The number of nitrogens with two attached hydrogens (primary N) is 1. The largest absolute Gasteiger partial charge is 0.398 e. The number of hydrogen-bond acceptors (Lipinski definition) is 3. The predicted molar refractivity (Wildman–Crippen MR) is 77.7 cm³/mol. The molecule has 0 bridgehead atoms. The lowest BCUT2D eigenvalue weighted by atomic mass is 9.93. The summed E-state index contributed by atoms with van der Waals surface area (Å²) in [7, 11) is -1.77. The first-order chi connectivity index (χ1) is 8.76. The number of anilines is 1. The molecule has 106 valence electrons. The Labute approximate surface area is 115 Å². The smallest absolute Gasteiger partial charge is 0.243 e. The molecule has 0 atom stereocenters. The molecule has 1 saturated carbocycles. The van der Waals surface area contributed by atoms with Gasteiger partial charge in [0, 0.05) is 18.8 Å². The van der Waals surface area contributed by atoms with Gasteiger partial charge < -0.3 is 5.73 Å². The van der Waals surface area contributed by atoms with Crippen LogP contribution >= 0.6 is 0 Å². The van der Waals surface area contributed by atoms with Crippen LogP contribution in [0, 0.1) is 20.8 Å². The fourth-order valence-electron chi connectivity index (χ4n) is 2.52. The average molecular weight is 282 g/mol. The van der Waals surface area contributed by atoms with Gasteiger partial charge >= 0.3 is 0 Å². The molecule has 1 aliphatic rings. The lowest BCUT2D eigenvalue weighted by Gasteiger charge is -2.34. The molecule has 0 aliphatic heterocycles. The molecule has 0 spiro atoms. The van der Waals surface area contributed by atoms with Gasteiger partial charge in [-0.05, 0) is 56.4 Å². The summed E-state index contributed by atoms with van der Waals surface area (Å²) in [5, 5.41) is 0. The van der Waals surface area contributed by atoms with Crippen molar-refractivity contribution in [3.63, 3.8) is 0 Å². The molecule has 1 fully saturated rings. The molecule has 2 N–H and O–H groups in total. The summed E-state index contributed by atoms with van der Waals surface area (Å²) in [6.07, 6.45) is 3.02. The van der Waals surface area contributed by atoms with Crippen LogP contribution in [0.2, 0.25) is 0 Å². The van der Waals surface area contributed by atoms with Gasteiger partial charge in [-0.25, -0.2) is 8.42 Å². The van der Waals surface area contributed by atoms with Crippen LogP contribution in [0.3, 0.4) is 0 Å². The molecule has 1 aromatic rings. The molecule has 2 rings (SSSR count). The van der Waals surface area contributed by atoms with Gasteiger partial charge in [-0.2, -0.15) is 4.31 Å². The molecular formula is C14H22N2O2S. The van der Waals surface area contributed by atoms with Crippen molar-refractivity contribution in [2.45, 2.75) is 51.0 Å². The van der Waals surface area contributed by atoms with Crippen LogP contribution in [0.4, 0.5) is 5.69 Å². The normalized spacial score (nSPS) is 16.7. The molecule has 0 amide bonds. The summed E-state index contributed by atoms with van der Waals surface area (Å²) in [4.78, 5) is 0.388. The number of nitrogen functional groups attached to an aromatic ring is 1. The van der Waals surface area contributed by atoms with Crippen LogP contribution < -0.4 is 5.73 Å². The van der Waals surface area contributed by atoms with Crippen LogP contribution in [0.25, 0.3) is 0 Å².